The number of rotatable bonds is 5. The Balaban J connectivity index is 1.54. The Morgan fingerprint density at radius 3 is 2.84 bits per heavy atom. The molecule has 1 aliphatic carbocycles. The number of ether oxygens (including phenoxy) is 1. The highest BCUT2D eigenvalue weighted by molar-refractivity contribution is 7.90. The number of anilines is 1. The van der Waals surface area contributed by atoms with Crippen LogP contribution in [0.15, 0.2) is 18.2 Å². The fourth-order valence-corrected chi connectivity index (χ4v) is 6.14. The van der Waals surface area contributed by atoms with Gasteiger partial charge in [-0.1, -0.05) is 17.4 Å². The number of nitrogens with zero attached hydrogens (tertiary/aromatic N) is 3. The van der Waals surface area contributed by atoms with Gasteiger partial charge in [-0.05, 0) is 38.3 Å². The van der Waals surface area contributed by atoms with Crippen molar-refractivity contribution < 1.29 is 13.2 Å². The van der Waals surface area contributed by atoms with E-state index in [-0.39, 0.29) is 5.25 Å². The van der Waals surface area contributed by atoms with Crippen molar-refractivity contribution >= 4 is 36.7 Å². The Hall–Kier alpha value is -1.38. The van der Waals surface area contributed by atoms with Crippen molar-refractivity contribution in [2.45, 2.75) is 31.4 Å². The van der Waals surface area contributed by atoms with Crippen LogP contribution in [0.25, 0.3) is 10.2 Å². The molecule has 1 aromatic heterocycles. The van der Waals surface area contributed by atoms with Crippen LogP contribution in [0, 0.1) is 0 Å². The van der Waals surface area contributed by atoms with E-state index in [1.807, 2.05) is 19.1 Å². The summed E-state index contributed by atoms with van der Waals surface area (Å²) in [5.74, 6) is 0.815. The molecule has 136 valence electrons. The standard InChI is InChI=1S/C17H23N3O3S2/c1-2-23-14-5-3-6-15-16(14)18-17(24-15)19-9-4-10-20(12-11-19)25(21,22)13-7-8-13/h3,5-6,13H,2,4,7-12H2,1H3. The van der Waals surface area contributed by atoms with Crippen LogP contribution in [0.1, 0.15) is 26.2 Å². The van der Waals surface area contributed by atoms with Gasteiger partial charge in [0.05, 0.1) is 16.6 Å². The molecule has 1 aromatic carbocycles. The van der Waals surface area contributed by atoms with Gasteiger partial charge in [0.15, 0.2) is 5.13 Å². The summed E-state index contributed by atoms with van der Waals surface area (Å²) < 4.78 is 33.4. The number of fused-ring (bicyclic) bond motifs is 1. The molecule has 0 N–H and O–H groups in total. The Kier molecular flexibility index (Phi) is 4.59. The first-order valence-electron chi connectivity index (χ1n) is 8.86. The molecule has 0 amide bonds. The number of sulfonamides is 1. The second-order valence-electron chi connectivity index (χ2n) is 6.52. The molecule has 1 aliphatic heterocycles. The largest absolute Gasteiger partial charge is 0.492 e. The molecule has 25 heavy (non-hydrogen) atoms. The van der Waals surface area contributed by atoms with Crippen molar-refractivity contribution in [1.29, 1.82) is 0 Å². The third kappa shape index (κ3) is 3.35. The normalized spacial score (nSPS) is 20.0. The lowest BCUT2D eigenvalue weighted by atomic mass is 10.3. The van der Waals surface area contributed by atoms with Crippen molar-refractivity contribution in [3.8, 4) is 5.75 Å². The Labute approximate surface area is 152 Å². The number of aromatic nitrogens is 1. The maximum atomic E-state index is 12.5. The summed E-state index contributed by atoms with van der Waals surface area (Å²) in [6, 6.07) is 5.99. The van der Waals surface area contributed by atoms with Crippen molar-refractivity contribution in [2.75, 3.05) is 37.7 Å². The highest BCUT2D eigenvalue weighted by Crippen LogP contribution is 2.35. The van der Waals surface area contributed by atoms with Gasteiger partial charge >= 0.3 is 0 Å². The van der Waals surface area contributed by atoms with Crippen LogP contribution in [0.4, 0.5) is 5.13 Å². The van der Waals surface area contributed by atoms with Crippen molar-refractivity contribution in [1.82, 2.24) is 9.29 Å². The van der Waals surface area contributed by atoms with Crippen LogP contribution in [-0.2, 0) is 10.0 Å². The van der Waals surface area contributed by atoms with Crippen LogP contribution in [0.2, 0.25) is 0 Å². The zero-order valence-corrected chi connectivity index (χ0v) is 16.0. The summed E-state index contributed by atoms with van der Waals surface area (Å²) in [5.41, 5.74) is 0.899. The van der Waals surface area contributed by atoms with Gasteiger partial charge in [0.2, 0.25) is 10.0 Å². The van der Waals surface area contributed by atoms with Gasteiger partial charge < -0.3 is 9.64 Å². The molecule has 0 bridgehead atoms. The smallest absolute Gasteiger partial charge is 0.217 e. The van der Waals surface area contributed by atoms with E-state index in [1.54, 1.807) is 15.6 Å². The summed E-state index contributed by atoms with van der Waals surface area (Å²) in [6.07, 6.45) is 2.47. The predicted molar refractivity (Wildman–Crippen MR) is 101 cm³/mol. The molecule has 1 saturated carbocycles. The molecule has 2 fully saturated rings. The topological polar surface area (TPSA) is 62.7 Å². The van der Waals surface area contributed by atoms with E-state index in [0.29, 0.717) is 26.2 Å². The van der Waals surface area contributed by atoms with Gasteiger partial charge in [0.25, 0.3) is 0 Å². The first-order valence-corrected chi connectivity index (χ1v) is 11.2. The lowest BCUT2D eigenvalue weighted by Gasteiger charge is -2.21. The maximum Gasteiger partial charge on any atom is 0.217 e. The highest BCUT2D eigenvalue weighted by atomic mass is 32.2. The van der Waals surface area contributed by atoms with E-state index in [1.165, 1.54) is 0 Å². The van der Waals surface area contributed by atoms with Gasteiger partial charge in [-0.3, -0.25) is 0 Å². The summed E-state index contributed by atoms with van der Waals surface area (Å²) >= 11 is 1.65. The zero-order chi connectivity index (χ0) is 17.4. The van der Waals surface area contributed by atoms with E-state index >= 15 is 0 Å². The highest BCUT2D eigenvalue weighted by Gasteiger charge is 2.40. The first kappa shape index (κ1) is 17.1. The number of hydrogen-bond acceptors (Lipinski definition) is 6. The van der Waals surface area contributed by atoms with Gasteiger partial charge in [0, 0.05) is 26.2 Å². The average Bonchev–Trinajstić information content (AvgIpc) is 3.39. The molecule has 1 saturated heterocycles. The maximum absolute atomic E-state index is 12.5. The van der Waals surface area contributed by atoms with E-state index < -0.39 is 10.0 Å². The predicted octanol–water partition coefficient (Wildman–Crippen LogP) is 2.70. The average molecular weight is 382 g/mol. The molecule has 2 heterocycles. The van der Waals surface area contributed by atoms with Crippen LogP contribution in [0.5, 0.6) is 5.75 Å². The number of benzene rings is 1. The molecule has 4 rings (SSSR count). The summed E-state index contributed by atoms with van der Waals surface area (Å²) in [7, 11) is -3.09. The minimum absolute atomic E-state index is 0.129. The molecular weight excluding hydrogens is 358 g/mol. The Bertz CT molecular complexity index is 861. The molecule has 2 aliphatic rings. The van der Waals surface area contributed by atoms with Crippen molar-refractivity contribution in [3.63, 3.8) is 0 Å². The lowest BCUT2D eigenvalue weighted by Crippen LogP contribution is -2.37. The van der Waals surface area contributed by atoms with Crippen LogP contribution < -0.4 is 9.64 Å². The monoisotopic (exact) mass is 381 g/mol. The van der Waals surface area contributed by atoms with E-state index in [9.17, 15) is 8.42 Å². The Morgan fingerprint density at radius 1 is 1.24 bits per heavy atom. The first-order chi connectivity index (χ1) is 12.1. The molecule has 0 atom stereocenters. The van der Waals surface area contributed by atoms with Crippen molar-refractivity contribution in [3.05, 3.63) is 18.2 Å². The molecule has 0 radical (unpaired) electrons. The second kappa shape index (κ2) is 6.74. The molecule has 0 unspecified atom stereocenters. The third-order valence-corrected chi connectivity index (χ3v) is 8.18. The van der Waals surface area contributed by atoms with Gasteiger partial charge in [0.1, 0.15) is 11.3 Å². The van der Waals surface area contributed by atoms with E-state index in [0.717, 1.165) is 46.9 Å². The van der Waals surface area contributed by atoms with Gasteiger partial charge in [-0.15, -0.1) is 0 Å². The third-order valence-electron chi connectivity index (χ3n) is 4.70. The fourth-order valence-electron chi connectivity index (χ4n) is 3.24. The molecule has 6 nitrogen and oxygen atoms in total. The summed E-state index contributed by atoms with van der Waals surface area (Å²) in [4.78, 5) is 6.99. The quantitative estimate of drug-likeness (QED) is 0.797. The molecular formula is C17H23N3O3S2. The van der Waals surface area contributed by atoms with Crippen molar-refractivity contribution in [2.24, 2.45) is 0 Å². The molecule has 0 spiro atoms. The van der Waals surface area contributed by atoms with Crippen LogP contribution in [0.3, 0.4) is 0 Å². The summed E-state index contributed by atoms with van der Waals surface area (Å²) in [6.45, 7) is 5.27. The fraction of sp³-hybridized carbons (Fsp3) is 0.588. The Morgan fingerprint density at radius 2 is 2.08 bits per heavy atom. The second-order valence-corrected chi connectivity index (χ2v) is 9.74. The summed E-state index contributed by atoms with van der Waals surface area (Å²) in [5, 5.41) is 0.822. The molecule has 2 aromatic rings. The number of hydrogen-bond donors (Lipinski definition) is 0. The van der Waals surface area contributed by atoms with E-state index in [2.05, 4.69) is 11.0 Å². The van der Waals surface area contributed by atoms with Crippen LogP contribution >= 0.6 is 11.3 Å². The van der Waals surface area contributed by atoms with Crippen LogP contribution in [-0.4, -0.2) is 55.7 Å². The SMILES string of the molecule is CCOc1cccc2sc(N3CCCN(S(=O)(=O)C4CC4)CC3)nc12. The number of thiazole rings is 1. The van der Waals surface area contributed by atoms with E-state index in [4.69, 9.17) is 9.72 Å². The lowest BCUT2D eigenvalue weighted by molar-refractivity contribution is 0.344. The van der Waals surface area contributed by atoms with Gasteiger partial charge in [-0.2, -0.15) is 4.31 Å². The minimum atomic E-state index is -3.09. The minimum Gasteiger partial charge on any atom is -0.492 e. The molecule has 8 heteroatoms. The zero-order valence-electron chi connectivity index (χ0n) is 14.3. The number of para-hydroxylation sites is 1. The van der Waals surface area contributed by atoms with Gasteiger partial charge in [-0.25, -0.2) is 13.4 Å².